The quantitative estimate of drug-likeness (QED) is 0.444. The zero-order valence-corrected chi connectivity index (χ0v) is 15.6. The summed E-state index contributed by atoms with van der Waals surface area (Å²) in [6, 6.07) is 7.09. The maximum absolute atomic E-state index is 3.59. The van der Waals surface area contributed by atoms with Crippen molar-refractivity contribution in [2.75, 3.05) is 7.05 Å². The van der Waals surface area contributed by atoms with Crippen LogP contribution in [0.25, 0.3) is 0 Å². The van der Waals surface area contributed by atoms with E-state index in [0.717, 1.165) is 0 Å². The number of hydrogen-bond acceptors (Lipinski definition) is 1. The van der Waals surface area contributed by atoms with Gasteiger partial charge in [0.05, 0.1) is 0 Å². The second-order valence-electron chi connectivity index (χ2n) is 6.11. The molecule has 0 radical (unpaired) electrons. The minimum absolute atomic E-state index is 0.489. The van der Waals surface area contributed by atoms with Gasteiger partial charge in [0.2, 0.25) is 0 Å². The van der Waals surface area contributed by atoms with Gasteiger partial charge in [0.25, 0.3) is 0 Å². The van der Waals surface area contributed by atoms with E-state index in [2.05, 4.69) is 60.3 Å². The Kier molecular flexibility index (Phi) is 10.0. The molecule has 0 amide bonds. The Morgan fingerprint density at radius 1 is 1.00 bits per heavy atom. The fourth-order valence-corrected chi connectivity index (χ4v) is 3.30. The largest absolute Gasteiger partial charge is 0.313 e. The predicted octanol–water partition coefficient (Wildman–Crippen LogP) is 6.55. The first kappa shape index (κ1) is 18.7. The molecule has 0 saturated carbocycles. The van der Waals surface area contributed by atoms with Crippen molar-refractivity contribution in [3.8, 4) is 0 Å². The molecule has 0 aliphatic heterocycles. The van der Waals surface area contributed by atoms with Crippen LogP contribution in [0.5, 0.6) is 0 Å². The highest BCUT2D eigenvalue weighted by molar-refractivity contribution is 9.10. The average Bonchev–Trinajstić information content (AvgIpc) is 2.49. The van der Waals surface area contributed by atoms with Gasteiger partial charge in [-0.25, -0.2) is 0 Å². The molecule has 0 spiro atoms. The van der Waals surface area contributed by atoms with E-state index < -0.39 is 0 Å². The Labute approximate surface area is 140 Å². The molecule has 0 fully saturated rings. The summed E-state index contributed by atoms with van der Waals surface area (Å²) in [5.74, 6) is 0. The summed E-state index contributed by atoms with van der Waals surface area (Å²) in [7, 11) is 2.08. The van der Waals surface area contributed by atoms with Crippen LogP contribution in [0.4, 0.5) is 0 Å². The van der Waals surface area contributed by atoms with Crippen molar-refractivity contribution in [2.45, 2.75) is 77.7 Å². The minimum Gasteiger partial charge on any atom is -0.313 e. The van der Waals surface area contributed by atoms with Gasteiger partial charge in [0.15, 0.2) is 0 Å². The Bertz CT molecular complexity index is 389. The molecule has 1 rings (SSSR count). The van der Waals surface area contributed by atoms with Crippen LogP contribution in [0.2, 0.25) is 0 Å². The first-order chi connectivity index (χ1) is 10.2. The van der Waals surface area contributed by atoms with E-state index in [1.54, 1.807) is 0 Å². The van der Waals surface area contributed by atoms with Gasteiger partial charge < -0.3 is 5.32 Å². The van der Waals surface area contributed by atoms with Gasteiger partial charge in [-0.05, 0) is 43.7 Å². The SMILES string of the molecule is CCCCCCCCCCC(NC)c1cc(Br)ccc1C. The molecule has 0 aliphatic carbocycles. The fraction of sp³-hybridized carbons (Fsp3) is 0.684. The number of nitrogens with one attached hydrogen (secondary N) is 1. The van der Waals surface area contributed by atoms with Crippen LogP contribution in [0.15, 0.2) is 22.7 Å². The van der Waals surface area contributed by atoms with E-state index in [-0.39, 0.29) is 0 Å². The highest BCUT2D eigenvalue weighted by atomic mass is 79.9. The lowest BCUT2D eigenvalue weighted by molar-refractivity contribution is 0.493. The molecule has 1 N–H and O–H groups in total. The maximum Gasteiger partial charge on any atom is 0.0320 e. The van der Waals surface area contributed by atoms with Crippen molar-refractivity contribution in [2.24, 2.45) is 0 Å². The van der Waals surface area contributed by atoms with E-state index in [4.69, 9.17) is 0 Å². The highest BCUT2D eigenvalue weighted by Gasteiger charge is 2.11. The zero-order chi connectivity index (χ0) is 15.5. The molecule has 1 nitrogen and oxygen atoms in total. The molecule has 120 valence electrons. The first-order valence-electron chi connectivity index (χ1n) is 8.62. The van der Waals surface area contributed by atoms with Gasteiger partial charge in [-0.15, -0.1) is 0 Å². The number of rotatable bonds is 11. The summed E-state index contributed by atoms with van der Waals surface area (Å²) in [5.41, 5.74) is 2.83. The van der Waals surface area contributed by atoms with Crippen molar-refractivity contribution in [1.29, 1.82) is 0 Å². The second kappa shape index (κ2) is 11.3. The van der Waals surface area contributed by atoms with Crippen molar-refractivity contribution in [3.05, 3.63) is 33.8 Å². The predicted molar refractivity (Wildman–Crippen MR) is 97.9 cm³/mol. The second-order valence-corrected chi connectivity index (χ2v) is 7.02. The fourth-order valence-electron chi connectivity index (χ4n) is 2.92. The lowest BCUT2D eigenvalue weighted by Crippen LogP contribution is -2.17. The molecule has 1 atom stereocenters. The van der Waals surface area contributed by atoms with Gasteiger partial charge in [0, 0.05) is 10.5 Å². The van der Waals surface area contributed by atoms with Gasteiger partial charge in [-0.1, -0.05) is 80.3 Å². The summed E-state index contributed by atoms with van der Waals surface area (Å²) < 4.78 is 1.18. The Morgan fingerprint density at radius 3 is 2.24 bits per heavy atom. The van der Waals surface area contributed by atoms with E-state index in [1.807, 2.05) is 0 Å². The lowest BCUT2D eigenvalue weighted by Gasteiger charge is -2.19. The summed E-state index contributed by atoms with van der Waals surface area (Å²) in [6.45, 7) is 4.49. The van der Waals surface area contributed by atoms with Crippen LogP contribution in [0, 0.1) is 6.92 Å². The van der Waals surface area contributed by atoms with Crippen LogP contribution < -0.4 is 5.32 Å². The van der Waals surface area contributed by atoms with Crippen molar-refractivity contribution in [1.82, 2.24) is 5.32 Å². The molecule has 0 saturated heterocycles. The molecule has 1 aromatic carbocycles. The minimum atomic E-state index is 0.489. The molecule has 2 heteroatoms. The van der Waals surface area contributed by atoms with Crippen molar-refractivity contribution in [3.63, 3.8) is 0 Å². The van der Waals surface area contributed by atoms with Gasteiger partial charge >= 0.3 is 0 Å². The molecular formula is C19H32BrN. The van der Waals surface area contributed by atoms with Gasteiger partial charge in [-0.3, -0.25) is 0 Å². The van der Waals surface area contributed by atoms with E-state index in [9.17, 15) is 0 Å². The normalized spacial score (nSPS) is 12.6. The molecule has 0 aliphatic rings. The maximum atomic E-state index is 3.59. The third-order valence-corrected chi connectivity index (χ3v) is 4.80. The third-order valence-electron chi connectivity index (χ3n) is 4.31. The summed E-state index contributed by atoms with van der Waals surface area (Å²) in [5, 5.41) is 3.48. The molecule has 1 aromatic rings. The number of aryl methyl sites for hydroxylation is 1. The smallest absolute Gasteiger partial charge is 0.0320 e. The summed E-state index contributed by atoms with van der Waals surface area (Å²) >= 11 is 3.59. The van der Waals surface area contributed by atoms with Gasteiger partial charge in [-0.2, -0.15) is 0 Å². The van der Waals surface area contributed by atoms with Crippen molar-refractivity contribution < 1.29 is 0 Å². The number of halogens is 1. The molecule has 0 bridgehead atoms. The van der Waals surface area contributed by atoms with Crippen LogP contribution in [0.3, 0.4) is 0 Å². The monoisotopic (exact) mass is 353 g/mol. The molecule has 0 aromatic heterocycles. The highest BCUT2D eigenvalue weighted by Crippen LogP contribution is 2.26. The molecule has 21 heavy (non-hydrogen) atoms. The number of hydrogen-bond donors (Lipinski definition) is 1. The van der Waals surface area contributed by atoms with Crippen molar-refractivity contribution >= 4 is 15.9 Å². The van der Waals surface area contributed by atoms with E-state index in [1.165, 1.54) is 73.4 Å². The molecule has 1 unspecified atom stereocenters. The van der Waals surface area contributed by atoms with Gasteiger partial charge in [0.1, 0.15) is 0 Å². The van der Waals surface area contributed by atoms with Crippen LogP contribution >= 0.6 is 15.9 Å². The Hall–Kier alpha value is -0.340. The molecular weight excluding hydrogens is 322 g/mol. The standard InChI is InChI=1S/C19H32BrN/c1-4-5-6-7-8-9-10-11-12-19(21-3)18-15-17(20)14-13-16(18)2/h13-15,19,21H,4-12H2,1-3H3. The third kappa shape index (κ3) is 7.46. The Morgan fingerprint density at radius 2 is 1.62 bits per heavy atom. The number of benzene rings is 1. The lowest BCUT2D eigenvalue weighted by atomic mass is 9.96. The Balaban J connectivity index is 2.27. The topological polar surface area (TPSA) is 12.0 Å². The van der Waals surface area contributed by atoms with E-state index in [0.29, 0.717) is 6.04 Å². The van der Waals surface area contributed by atoms with E-state index >= 15 is 0 Å². The first-order valence-corrected chi connectivity index (χ1v) is 9.41. The van der Waals surface area contributed by atoms with Crippen LogP contribution in [-0.4, -0.2) is 7.05 Å². The average molecular weight is 354 g/mol. The summed E-state index contributed by atoms with van der Waals surface area (Å²) in [4.78, 5) is 0. The molecule has 0 heterocycles. The zero-order valence-electron chi connectivity index (χ0n) is 14.1. The number of unbranched alkanes of at least 4 members (excludes halogenated alkanes) is 7. The van der Waals surface area contributed by atoms with Crippen LogP contribution in [0.1, 0.15) is 81.9 Å². The summed E-state index contributed by atoms with van der Waals surface area (Å²) in [6.07, 6.45) is 12.4. The van der Waals surface area contributed by atoms with Crippen LogP contribution in [-0.2, 0) is 0 Å².